The van der Waals surface area contributed by atoms with Gasteiger partial charge in [-0.05, 0) is 62.0 Å². The summed E-state index contributed by atoms with van der Waals surface area (Å²) in [6.45, 7) is 1.09. The fraction of sp³-hybridized carbons (Fsp3) is 0.292. The van der Waals surface area contributed by atoms with Crippen LogP contribution in [-0.2, 0) is 23.0 Å². The highest BCUT2D eigenvalue weighted by Crippen LogP contribution is 2.25. The Morgan fingerprint density at radius 3 is 2.59 bits per heavy atom. The average Bonchev–Trinajstić information content (AvgIpc) is 3.33. The van der Waals surface area contributed by atoms with Gasteiger partial charge in [-0.25, -0.2) is 8.42 Å². The predicted octanol–water partition coefficient (Wildman–Crippen LogP) is 3.06. The number of carbonyl (C=O) groups excluding carboxylic acids is 1. The molecule has 1 aliphatic heterocycles. The molecule has 0 fully saturated rings. The first-order valence-electron chi connectivity index (χ1n) is 10.5. The second-order valence-electron chi connectivity index (χ2n) is 8.09. The Morgan fingerprint density at radius 2 is 1.88 bits per heavy atom. The maximum Gasteiger partial charge on any atom is 0.251 e. The van der Waals surface area contributed by atoms with Crippen molar-refractivity contribution in [3.63, 3.8) is 0 Å². The normalized spacial score (nSPS) is 15.3. The summed E-state index contributed by atoms with van der Waals surface area (Å²) in [6.07, 6.45) is 2.27. The molecular formula is C24H27N3O4S. The fourth-order valence-electron chi connectivity index (χ4n) is 3.93. The van der Waals surface area contributed by atoms with Crippen LogP contribution in [0.3, 0.4) is 0 Å². The van der Waals surface area contributed by atoms with E-state index < -0.39 is 10.0 Å². The molecule has 0 radical (unpaired) electrons. The molecule has 8 heteroatoms. The lowest BCUT2D eigenvalue weighted by atomic mass is 10.0. The highest BCUT2D eigenvalue weighted by molar-refractivity contribution is 7.89. The van der Waals surface area contributed by atoms with Crippen LogP contribution in [0.1, 0.15) is 33.3 Å². The Bertz CT molecular complexity index is 1190. The van der Waals surface area contributed by atoms with Crippen LogP contribution in [0.15, 0.2) is 76.2 Å². The summed E-state index contributed by atoms with van der Waals surface area (Å²) >= 11 is 0. The first kappa shape index (κ1) is 22.3. The molecule has 1 amide bonds. The number of hydrogen-bond acceptors (Lipinski definition) is 5. The van der Waals surface area contributed by atoms with E-state index in [0.29, 0.717) is 31.6 Å². The quantitative estimate of drug-likeness (QED) is 0.595. The van der Waals surface area contributed by atoms with Gasteiger partial charge in [-0.15, -0.1) is 0 Å². The Balaban J connectivity index is 1.48. The van der Waals surface area contributed by atoms with Crippen LogP contribution < -0.4 is 5.32 Å². The molecule has 1 aliphatic rings. The zero-order valence-corrected chi connectivity index (χ0v) is 19.0. The fourth-order valence-corrected chi connectivity index (χ4v) is 5.40. The summed E-state index contributed by atoms with van der Waals surface area (Å²) in [6, 6.07) is 17.6. The SMILES string of the molecule is CN(C)C(CNC(=O)c1cccc(S(=O)(=O)N2CCc3ccccc3C2)c1)c1ccco1. The maximum atomic E-state index is 13.3. The summed E-state index contributed by atoms with van der Waals surface area (Å²) in [5.41, 5.74) is 2.50. The topological polar surface area (TPSA) is 82.9 Å². The van der Waals surface area contributed by atoms with E-state index in [0.717, 1.165) is 11.3 Å². The van der Waals surface area contributed by atoms with E-state index in [2.05, 4.69) is 5.32 Å². The number of nitrogens with zero attached hydrogens (tertiary/aromatic N) is 2. The lowest BCUT2D eigenvalue weighted by Gasteiger charge is -2.28. The van der Waals surface area contributed by atoms with Crippen molar-refractivity contribution < 1.29 is 17.6 Å². The number of hydrogen-bond donors (Lipinski definition) is 1. The van der Waals surface area contributed by atoms with Crippen molar-refractivity contribution in [2.24, 2.45) is 0 Å². The van der Waals surface area contributed by atoms with Crippen molar-refractivity contribution in [3.05, 3.63) is 89.4 Å². The number of benzene rings is 2. The summed E-state index contributed by atoms with van der Waals surface area (Å²) in [4.78, 5) is 14.9. The third-order valence-electron chi connectivity index (χ3n) is 5.78. The smallest absolute Gasteiger partial charge is 0.251 e. The van der Waals surface area contributed by atoms with Crippen molar-refractivity contribution in [1.82, 2.24) is 14.5 Å². The van der Waals surface area contributed by atoms with Crippen LogP contribution in [0.4, 0.5) is 0 Å². The van der Waals surface area contributed by atoms with Gasteiger partial charge in [-0.1, -0.05) is 30.3 Å². The van der Waals surface area contributed by atoms with Crippen molar-refractivity contribution in [2.45, 2.75) is 23.9 Å². The van der Waals surface area contributed by atoms with Gasteiger partial charge < -0.3 is 9.73 Å². The third kappa shape index (κ3) is 4.62. The number of fused-ring (bicyclic) bond motifs is 1. The Kier molecular flexibility index (Phi) is 6.45. The molecule has 0 aliphatic carbocycles. The average molecular weight is 454 g/mol. The van der Waals surface area contributed by atoms with Gasteiger partial charge in [0.1, 0.15) is 5.76 Å². The highest BCUT2D eigenvalue weighted by Gasteiger charge is 2.29. The Labute approximate surface area is 188 Å². The molecular weight excluding hydrogens is 426 g/mol. The van der Waals surface area contributed by atoms with Crippen molar-refractivity contribution in [3.8, 4) is 0 Å². The molecule has 1 N–H and O–H groups in total. The van der Waals surface area contributed by atoms with Gasteiger partial charge in [0.2, 0.25) is 10.0 Å². The number of nitrogens with one attached hydrogen (secondary N) is 1. The summed E-state index contributed by atoms with van der Waals surface area (Å²) < 4.78 is 33.5. The largest absolute Gasteiger partial charge is 0.468 e. The van der Waals surface area contributed by atoms with Crippen molar-refractivity contribution >= 4 is 15.9 Å². The molecule has 1 unspecified atom stereocenters. The molecule has 0 bridgehead atoms. The van der Waals surface area contributed by atoms with Crippen LogP contribution in [-0.4, -0.2) is 50.7 Å². The lowest BCUT2D eigenvalue weighted by Crippen LogP contribution is -2.36. The number of likely N-dealkylation sites (N-methyl/N-ethyl adjacent to an activating group) is 1. The predicted molar refractivity (Wildman–Crippen MR) is 122 cm³/mol. The van der Waals surface area contributed by atoms with Gasteiger partial charge in [0.25, 0.3) is 5.91 Å². The molecule has 2 aromatic carbocycles. The minimum absolute atomic E-state index is 0.125. The second-order valence-corrected chi connectivity index (χ2v) is 10.0. The molecule has 1 aromatic heterocycles. The van der Waals surface area contributed by atoms with Crippen molar-refractivity contribution in [2.75, 3.05) is 27.2 Å². The van der Waals surface area contributed by atoms with Gasteiger partial charge in [0, 0.05) is 25.2 Å². The van der Waals surface area contributed by atoms with E-state index in [1.807, 2.05) is 49.3 Å². The first-order chi connectivity index (χ1) is 15.4. The van der Waals surface area contributed by atoms with Gasteiger partial charge in [0.15, 0.2) is 0 Å². The van der Waals surface area contributed by atoms with E-state index in [4.69, 9.17) is 4.42 Å². The van der Waals surface area contributed by atoms with Crippen LogP contribution in [0, 0.1) is 0 Å². The van der Waals surface area contributed by atoms with Crippen LogP contribution in [0.25, 0.3) is 0 Å². The van der Waals surface area contributed by atoms with E-state index in [1.54, 1.807) is 24.5 Å². The van der Waals surface area contributed by atoms with E-state index in [-0.39, 0.29) is 16.8 Å². The number of furan rings is 1. The number of rotatable bonds is 7. The molecule has 2 heterocycles. The maximum absolute atomic E-state index is 13.3. The second kappa shape index (κ2) is 9.28. The number of carbonyl (C=O) groups is 1. The molecule has 0 spiro atoms. The molecule has 4 rings (SSSR count). The molecule has 7 nitrogen and oxygen atoms in total. The van der Waals surface area contributed by atoms with Gasteiger partial charge in [-0.2, -0.15) is 4.31 Å². The van der Waals surface area contributed by atoms with Gasteiger partial charge in [0.05, 0.1) is 17.2 Å². The molecule has 32 heavy (non-hydrogen) atoms. The van der Waals surface area contributed by atoms with Crippen LogP contribution in [0.2, 0.25) is 0 Å². The Morgan fingerprint density at radius 1 is 1.09 bits per heavy atom. The van der Waals surface area contributed by atoms with Crippen LogP contribution >= 0.6 is 0 Å². The van der Waals surface area contributed by atoms with Gasteiger partial charge >= 0.3 is 0 Å². The van der Waals surface area contributed by atoms with Gasteiger partial charge in [-0.3, -0.25) is 9.69 Å². The Hall–Kier alpha value is -2.94. The molecule has 3 aromatic rings. The summed E-state index contributed by atoms with van der Waals surface area (Å²) in [7, 11) is 0.101. The minimum atomic E-state index is -3.71. The van der Waals surface area contributed by atoms with Crippen molar-refractivity contribution in [1.29, 1.82) is 0 Å². The van der Waals surface area contributed by atoms with E-state index in [1.165, 1.54) is 22.0 Å². The number of amides is 1. The van der Waals surface area contributed by atoms with E-state index in [9.17, 15) is 13.2 Å². The minimum Gasteiger partial charge on any atom is -0.468 e. The molecule has 1 atom stereocenters. The molecule has 0 saturated heterocycles. The summed E-state index contributed by atoms with van der Waals surface area (Å²) in [5, 5.41) is 2.89. The van der Waals surface area contributed by atoms with E-state index >= 15 is 0 Å². The lowest BCUT2D eigenvalue weighted by molar-refractivity contribution is 0.0939. The summed E-state index contributed by atoms with van der Waals surface area (Å²) in [5.74, 6) is 0.418. The third-order valence-corrected chi connectivity index (χ3v) is 7.62. The molecule has 168 valence electrons. The molecule has 0 saturated carbocycles. The zero-order valence-electron chi connectivity index (χ0n) is 18.2. The zero-order chi connectivity index (χ0) is 22.7. The highest BCUT2D eigenvalue weighted by atomic mass is 32.2. The standard InChI is InChI=1S/C24H27N3O4S/c1-26(2)22(23-11-6-14-31-23)16-25-24(28)19-9-5-10-21(15-19)32(29,30)27-13-12-18-7-3-4-8-20(18)17-27/h3-11,14-15,22H,12-13,16-17H2,1-2H3,(H,25,28). The van der Waals surface area contributed by atoms with Crippen LogP contribution in [0.5, 0.6) is 0 Å². The monoisotopic (exact) mass is 453 g/mol. The first-order valence-corrected chi connectivity index (χ1v) is 12.0. The number of sulfonamides is 1.